The van der Waals surface area contributed by atoms with Crippen LogP contribution in [0.4, 0.5) is 0 Å². The lowest BCUT2D eigenvalue weighted by atomic mass is 9.95. The molecular weight excluding hydrogens is 330 g/mol. The fourth-order valence-electron chi connectivity index (χ4n) is 3.88. The number of rotatable bonds is 4. The molecule has 142 valence electrons. The molecule has 2 aliphatic heterocycles. The first-order valence-corrected chi connectivity index (χ1v) is 9.44. The Morgan fingerprint density at radius 1 is 1.19 bits per heavy atom. The van der Waals surface area contributed by atoms with E-state index in [1.807, 2.05) is 44.2 Å². The normalized spacial score (nSPS) is 25.5. The maximum atomic E-state index is 13.0. The molecule has 0 radical (unpaired) electrons. The van der Waals surface area contributed by atoms with Crippen LogP contribution in [0.25, 0.3) is 0 Å². The fourth-order valence-corrected chi connectivity index (χ4v) is 3.88. The Labute approximate surface area is 155 Å². The number of piperidine rings is 1. The molecule has 26 heavy (non-hydrogen) atoms. The van der Waals surface area contributed by atoms with Crippen LogP contribution in [-0.4, -0.2) is 66.5 Å². The second-order valence-electron chi connectivity index (χ2n) is 7.57. The van der Waals surface area contributed by atoms with Crippen molar-refractivity contribution in [1.29, 1.82) is 0 Å². The molecule has 2 atom stereocenters. The minimum Gasteiger partial charge on any atom is -0.356 e. The molecule has 6 heteroatoms. The lowest BCUT2D eigenvalue weighted by Crippen LogP contribution is -2.57. The number of benzene rings is 1. The summed E-state index contributed by atoms with van der Waals surface area (Å²) in [6, 6.07) is 9.47. The van der Waals surface area contributed by atoms with Crippen LogP contribution >= 0.6 is 0 Å². The van der Waals surface area contributed by atoms with Gasteiger partial charge in [-0.1, -0.05) is 30.3 Å². The van der Waals surface area contributed by atoms with E-state index in [0.29, 0.717) is 0 Å². The highest BCUT2D eigenvalue weighted by molar-refractivity contribution is 5.86. The van der Waals surface area contributed by atoms with E-state index in [-0.39, 0.29) is 30.5 Å². The van der Waals surface area contributed by atoms with Gasteiger partial charge in [0.15, 0.2) is 6.10 Å². The van der Waals surface area contributed by atoms with Gasteiger partial charge in [-0.15, -0.1) is 0 Å². The number of nitrogens with one attached hydrogen (secondary N) is 1. The number of carbonyl (C=O) groups excluding carboxylic acids is 2. The van der Waals surface area contributed by atoms with E-state index in [1.54, 1.807) is 4.90 Å². The zero-order valence-corrected chi connectivity index (χ0v) is 15.9. The Balaban J connectivity index is 1.81. The quantitative estimate of drug-likeness (QED) is 0.887. The molecule has 2 fully saturated rings. The van der Waals surface area contributed by atoms with E-state index in [4.69, 9.17) is 4.74 Å². The van der Waals surface area contributed by atoms with Crippen molar-refractivity contribution in [3.05, 3.63) is 35.9 Å². The van der Waals surface area contributed by atoms with Gasteiger partial charge in [-0.3, -0.25) is 9.59 Å². The average molecular weight is 359 g/mol. The van der Waals surface area contributed by atoms with Crippen LogP contribution in [-0.2, 0) is 14.3 Å². The number of carbonyl (C=O) groups is 2. The van der Waals surface area contributed by atoms with E-state index in [1.165, 1.54) is 0 Å². The number of morpholine rings is 1. The van der Waals surface area contributed by atoms with Crippen molar-refractivity contribution >= 4 is 11.8 Å². The molecule has 1 aromatic rings. The minimum absolute atomic E-state index is 0.00441. The van der Waals surface area contributed by atoms with Crippen molar-refractivity contribution < 1.29 is 14.3 Å². The predicted octanol–water partition coefficient (Wildman–Crippen LogP) is 1.57. The molecule has 0 saturated carbocycles. The standard InChI is InChI=1S/C20H29N3O3/c1-14(2)23-17(24)13-26-19(18(23)15-7-5-4-6-8-15)20(25)21-16-9-11-22(3)12-10-16/h4-8,14,16,18-19H,9-13H2,1-3H3,(H,21,25). The van der Waals surface area contributed by atoms with E-state index in [0.717, 1.165) is 31.5 Å². The molecule has 2 unspecified atom stereocenters. The molecule has 0 bridgehead atoms. The number of nitrogens with zero attached hydrogens (tertiary/aromatic N) is 2. The lowest BCUT2D eigenvalue weighted by molar-refractivity contribution is -0.167. The van der Waals surface area contributed by atoms with E-state index >= 15 is 0 Å². The Bertz CT molecular complexity index is 626. The highest BCUT2D eigenvalue weighted by Crippen LogP contribution is 2.32. The van der Waals surface area contributed by atoms with Crippen LogP contribution in [0, 0.1) is 0 Å². The van der Waals surface area contributed by atoms with Gasteiger partial charge in [0.05, 0.1) is 6.04 Å². The Hall–Kier alpha value is -1.92. The van der Waals surface area contributed by atoms with Crippen molar-refractivity contribution in [3.8, 4) is 0 Å². The van der Waals surface area contributed by atoms with Crippen LogP contribution in [0.3, 0.4) is 0 Å². The minimum atomic E-state index is -0.683. The topological polar surface area (TPSA) is 61.9 Å². The summed E-state index contributed by atoms with van der Waals surface area (Å²) in [5.41, 5.74) is 0.928. The van der Waals surface area contributed by atoms with Crippen molar-refractivity contribution in [3.63, 3.8) is 0 Å². The summed E-state index contributed by atoms with van der Waals surface area (Å²) < 4.78 is 5.75. The molecule has 6 nitrogen and oxygen atoms in total. The first kappa shape index (κ1) is 18.9. The van der Waals surface area contributed by atoms with E-state index in [9.17, 15) is 9.59 Å². The smallest absolute Gasteiger partial charge is 0.251 e. The van der Waals surface area contributed by atoms with Crippen LogP contribution in [0.15, 0.2) is 30.3 Å². The molecule has 0 aliphatic carbocycles. The number of likely N-dealkylation sites (tertiary alicyclic amines) is 1. The predicted molar refractivity (Wildman–Crippen MR) is 99.6 cm³/mol. The monoisotopic (exact) mass is 359 g/mol. The summed E-state index contributed by atoms with van der Waals surface area (Å²) in [5, 5.41) is 3.15. The molecule has 2 saturated heterocycles. The Kier molecular flexibility index (Phi) is 5.94. The first-order valence-electron chi connectivity index (χ1n) is 9.44. The summed E-state index contributed by atoms with van der Waals surface area (Å²) in [7, 11) is 2.10. The second kappa shape index (κ2) is 8.18. The van der Waals surface area contributed by atoms with Crippen molar-refractivity contribution in [2.75, 3.05) is 26.7 Å². The van der Waals surface area contributed by atoms with Crippen LogP contribution in [0.2, 0.25) is 0 Å². The summed E-state index contributed by atoms with van der Waals surface area (Å²) in [4.78, 5) is 29.6. The third kappa shape index (κ3) is 4.07. The van der Waals surface area contributed by atoms with Gasteiger partial charge in [0.1, 0.15) is 6.61 Å². The summed E-state index contributed by atoms with van der Waals surface area (Å²) in [6.45, 7) is 5.87. The number of hydrogen-bond acceptors (Lipinski definition) is 4. The zero-order valence-electron chi connectivity index (χ0n) is 15.9. The van der Waals surface area contributed by atoms with Crippen molar-refractivity contribution in [1.82, 2.24) is 15.1 Å². The first-order chi connectivity index (χ1) is 12.5. The number of hydrogen-bond donors (Lipinski definition) is 1. The maximum absolute atomic E-state index is 13.0. The van der Waals surface area contributed by atoms with Crippen molar-refractivity contribution in [2.24, 2.45) is 0 Å². The average Bonchev–Trinajstić information content (AvgIpc) is 2.63. The zero-order chi connectivity index (χ0) is 18.7. The highest BCUT2D eigenvalue weighted by Gasteiger charge is 2.43. The van der Waals surface area contributed by atoms with Gasteiger partial charge in [0, 0.05) is 12.1 Å². The third-order valence-corrected chi connectivity index (χ3v) is 5.28. The molecule has 1 aromatic carbocycles. The maximum Gasteiger partial charge on any atom is 0.251 e. The molecule has 0 aromatic heterocycles. The molecule has 3 rings (SSSR count). The summed E-state index contributed by atoms with van der Waals surface area (Å²) in [6.07, 6.45) is 1.20. The molecule has 2 amide bonds. The number of ether oxygens (including phenoxy) is 1. The van der Waals surface area contributed by atoms with Gasteiger partial charge >= 0.3 is 0 Å². The lowest BCUT2D eigenvalue weighted by Gasteiger charge is -2.43. The molecule has 0 spiro atoms. The second-order valence-corrected chi connectivity index (χ2v) is 7.57. The van der Waals surface area contributed by atoms with Crippen LogP contribution in [0.5, 0.6) is 0 Å². The number of amides is 2. The highest BCUT2D eigenvalue weighted by atomic mass is 16.5. The van der Waals surface area contributed by atoms with Gasteiger partial charge in [0.2, 0.25) is 5.91 Å². The van der Waals surface area contributed by atoms with Crippen LogP contribution < -0.4 is 5.32 Å². The van der Waals surface area contributed by atoms with Crippen LogP contribution in [0.1, 0.15) is 38.3 Å². The van der Waals surface area contributed by atoms with Gasteiger partial charge in [0.25, 0.3) is 5.91 Å². The van der Waals surface area contributed by atoms with E-state index < -0.39 is 12.1 Å². The van der Waals surface area contributed by atoms with Gasteiger partial charge < -0.3 is 19.9 Å². The van der Waals surface area contributed by atoms with Gasteiger partial charge in [-0.05, 0) is 52.4 Å². The van der Waals surface area contributed by atoms with E-state index in [2.05, 4.69) is 17.3 Å². The van der Waals surface area contributed by atoms with Gasteiger partial charge in [-0.25, -0.2) is 0 Å². The molecule has 1 N–H and O–H groups in total. The molecule has 2 heterocycles. The Morgan fingerprint density at radius 2 is 1.85 bits per heavy atom. The SMILES string of the molecule is CC(C)N1C(=O)COC(C(=O)NC2CCN(C)CC2)C1c1ccccc1. The third-order valence-electron chi connectivity index (χ3n) is 5.28. The summed E-state index contributed by atoms with van der Waals surface area (Å²) >= 11 is 0. The Morgan fingerprint density at radius 3 is 2.46 bits per heavy atom. The fraction of sp³-hybridized carbons (Fsp3) is 0.600. The molecular formula is C20H29N3O3. The van der Waals surface area contributed by atoms with Gasteiger partial charge in [-0.2, -0.15) is 0 Å². The summed E-state index contributed by atoms with van der Waals surface area (Å²) in [5.74, 6) is -0.191. The molecule has 2 aliphatic rings. The van der Waals surface area contributed by atoms with Crippen molar-refractivity contribution in [2.45, 2.75) is 50.9 Å². The largest absolute Gasteiger partial charge is 0.356 e.